The van der Waals surface area contributed by atoms with E-state index in [2.05, 4.69) is 39.0 Å². The Bertz CT molecular complexity index is 885. The second-order valence-electron chi connectivity index (χ2n) is 13.3. The van der Waals surface area contributed by atoms with Crippen molar-refractivity contribution in [3.63, 3.8) is 0 Å². The van der Waals surface area contributed by atoms with Gasteiger partial charge in [-0.25, -0.2) is 0 Å². The van der Waals surface area contributed by atoms with Crippen molar-refractivity contribution in [3.05, 3.63) is 60.8 Å². The second kappa shape index (κ2) is 35.9. The summed E-state index contributed by atoms with van der Waals surface area (Å²) in [5.41, 5.74) is 0. The molecule has 0 heterocycles. The van der Waals surface area contributed by atoms with Crippen LogP contribution in [0.5, 0.6) is 0 Å². The monoisotopic (exact) mass is 673 g/mol. The van der Waals surface area contributed by atoms with Gasteiger partial charge in [-0.1, -0.05) is 165 Å². The third-order valence-electron chi connectivity index (χ3n) is 8.08. The molecule has 0 rings (SSSR count). The normalized spacial score (nSPS) is 13.6. The van der Waals surface area contributed by atoms with E-state index in [0.29, 0.717) is 19.3 Å². The van der Waals surface area contributed by atoms with Crippen molar-refractivity contribution in [2.75, 3.05) is 13.2 Å². The lowest BCUT2D eigenvalue weighted by atomic mass is 10.0. The van der Waals surface area contributed by atoms with E-state index in [1.165, 1.54) is 70.6 Å². The van der Waals surface area contributed by atoms with Crippen molar-refractivity contribution in [1.82, 2.24) is 0 Å². The first-order chi connectivity index (χ1) is 23.4. The number of rotatable bonds is 33. The minimum Gasteiger partial charge on any atom is -0.462 e. The highest BCUT2D eigenvalue weighted by atomic mass is 16.6. The van der Waals surface area contributed by atoms with Crippen molar-refractivity contribution in [2.24, 2.45) is 5.92 Å². The maximum atomic E-state index is 12.1. The van der Waals surface area contributed by atoms with Gasteiger partial charge in [0.2, 0.25) is 0 Å². The predicted molar refractivity (Wildman–Crippen MR) is 202 cm³/mol. The summed E-state index contributed by atoms with van der Waals surface area (Å²) in [4.78, 5) is 24.2. The van der Waals surface area contributed by atoms with Crippen molar-refractivity contribution in [2.45, 2.75) is 174 Å². The van der Waals surface area contributed by atoms with Crippen LogP contribution in [0.2, 0.25) is 0 Å². The SMILES string of the molecule is CC/C=C\C/C=C\CC(O)/C=C/C=C\C/C=C\CCCC(=O)O[C@@H](CO)COC(=O)CCCCCCCCCCCCCCCC(C)C. The molecule has 0 fully saturated rings. The summed E-state index contributed by atoms with van der Waals surface area (Å²) < 4.78 is 10.5. The Morgan fingerprint density at radius 2 is 1.21 bits per heavy atom. The summed E-state index contributed by atoms with van der Waals surface area (Å²) in [7, 11) is 0. The van der Waals surface area contributed by atoms with Crippen LogP contribution in [0.15, 0.2) is 60.8 Å². The summed E-state index contributed by atoms with van der Waals surface area (Å²) in [5.74, 6) is 0.138. The number of unbranched alkanes of at least 4 members (excludes halogenated alkanes) is 13. The zero-order valence-electron chi connectivity index (χ0n) is 31.0. The first-order valence-corrected chi connectivity index (χ1v) is 19.3. The average molecular weight is 673 g/mol. The molecule has 0 bridgehead atoms. The summed E-state index contributed by atoms with van der Waals surface area (Å²) in [6.07, 6.45) is 41.7. The van der Waals surface area contributed by atoms with E-state index in [1.54, 1.807) is 6.08 Å². The van der Waals surface area contributed by atoms with Crippen LogP contribution in [0.1, 0.15) is 162 Å². The van der Waals surface area contributed by atoms with E-state index in [9.17, 15) is 19.8 Å². The first kappa shape index (κ1) is 45.6. The van der Waals surface area contributed by atoms with Crippen LogP contribution in [0.25, 0.3) is 0 Å². The van der Waals surface area contributed by atoms with E-state index < -0.39 is 18.2 Å². The van der Waals surface area contributed by atoms with Crippen LogP contribution in [-0.4, -0.2) is 47.6 Å². The third-order valence-corrected chi connectivity index (χ3v) is 8.08. The number of carbonyl (C=O) groups is 2. The molecule has 0 aliphatic rings. The smallest absolute Gasteiger partial charge is 0.306 e. The van der Waals surface area contributed by atoms with E-state index in [0.717, 1.165) is 50.9 Å². The zero-order chi connectivity index (χ0) is 35.3. The topological polar surface area (TPSA) is 93.1 Å². The molecule has 0 spiro atoms. The fourth-order valence-electron chi connectivity index (χ4n) is 5.15. The lowest BCUT2D eigenvalue weighted by molar-refractivity contribution is -0.161. The molecule has 1 unspecified atom stereocenters. The van der Waals surface area contributed by atoms with E-state index in [-0.39, 0.29) is 25.6 Å². The minimum absolute atomic E-state index is 0.107. The van der Waals surface area contributed by atoms with Gasteiger partial charge in [0.05, 0.1) is 12.7 Å². The molecule has 0 aliphatic carbocycles. The van der Waals surface area contributed by atoms with Gasteiger partial charge in [0, 0.05) is 12.8 Å². The lowest BCUT2D eigenvalue weighted by Gasteiger charge is -2.15. The Morgan fingerprint density at radius 3 is 1.83 bits per heavy atom. The zero-order valence-corrected chi connectivity index (χ0v) is 31.0. The molecule has 48 heavy (non-hydrogen) atoms. The van der Waals surface area contributed by atoms with Crippen molar-refractivity contribution >= 4 is 11.9 Å². The van der Waals surface area contributed by atoms with Crippen LogP contribution < -0.4 is 0 Å². The molecule has 0 radical (unpaired) electrons. The molecular weight excluding hydrogens is 600 g/mol. The molecule has 276 valence electrons. The van der Waals surface area contributed by atoms with Crippen LogP contribution in [0, 0.1) is 5.92 Å². The first-order valence-electron chi connectivity index (χ1n) is 19.3. The van der Waals surface area contributed by atoms with Gasteiger partial charge >= 0.3 is 11.9 Å². The Hall–Kier alpha value is -2.44. The molecule has 6 nitrogen and oxygen atoms in total. The molecule has 0 aromatic heterocycles. The summed E-state index contributed by atoms with van der Waals surface area (Å²) in [5, 5.41) is 19.5. The van der Waals surface area contributed by atoms with Crippen molar-refractivity contribution < 1.29 is 29.3 Å². The number of aliphatic hydroxyl groups excluding tert-OH is 2. The van der Waals surface area contributed by atoms with Gasteiger partial charge in [-0.15, -0.1) is 0 Å². The fraction of sp³-hybridized carbons (Fsp3) is 0.714. The van der Waals surface area contributed by atoms with Gasteiger partial charge in [-0.3, -0.25) is 9.59 Å². The largest absolute Gasteiger partial charge is 0.462 e. The molecule has 0 aromatic rings. The van der Waals surface area contributed by atoms with Crippen LogP contribution in [-0.2, 0) is 19.1 Å². The number of carbonyl (C=O) groups excluding carboxylic acids is 2. The van der Waals surface area contributed by atoms with Crippen LogP contribution in [0.3, 0.4) is 0 Å². The fourth-order valence-corrected chi connectivity index (χ4v) is 5.15. The van der Waals surface area contributed by atoms with Gasteiger partial charge in [-0.2, -0.15) is 0 Å². The van der Waals surface area contributed by atoms with Crippen LogP contribution in [0.4, 0.5) is 0 Å². The molecule has 2 atom stereocenters. The standard InChI is InChI=1S/C42H72O6/c1-4-5-6-7-22-27-32-39(44)33-28-23-18-15-16-20-25-30-35-42(46)48-40(36-43)37-47-41(45)34-29-24-19-14-12-10-8-9-11-13-17-21-26-31-38(2)3/h5-6,16,18,20,22-23,27-28,33,38-40,43-44H,4,7-15,17,19,21,24-26,29-32,34-37H2,1-3H3/b6-5-,20-16-,23-18-,27-22-,33-28+/t39?,40-/m0/s1. The molecule has 0 saturated heterocycles. The lowest BCUT2D eigenvalue weighted by Crippen LogP contribution is -2.28. The molecule has 0 saturated carbocycles. The average Bonchev–Trinajstić information content (AvgIpc) is 3.07. The summed E-state index contributed by atoms with van der Waals surface area (Å²) >= 11 is 0. The molecular formula is C42H72O6. The Labute approximate surface area is 294 Å². The van der Waals surface area contributed by atoms with E-state index >= 15 is 0 Å². The highest BCUT2D eigenvalue weighted by molar-refractivity contribution is 5.70. The third kappa shape index (κ3) is 34.9. The highest BCUT2D eigenvalue weighted by Crippen LogP contribution is 2.15. The number of hydrogen-bond acceptors (Lipinski definition) is 6. The molecule has 0 amide bonds. The second-order valence-corrected chi connectivity index (χ2v) is 13.3. The Morgan fingerprint density at radius 1 is 0.646 bits per heavy atom. The number of hydrogen-bond donors (Lipinski definition) is 2. The minimum atomic E-state index is -0.822. The van der Waals surface area contributed by atoms with Crippen molar-refractivity contribution in [3.8, 4) is 0 Å². The van der Waals surface area contributed by atoms with Gasteiger partial charge < -0.3 is 19.7 Å². The Balaban J connectivity index is 3.73. The molecule has 2 N–H and O–H groups in total. The maximum Gasteiger partial charge on any atom is 0.306 e. The van der Waals surface area contributed by atoms with Gasteiger partial charge in [0.25, 0.3) is 0 Å². The van der Waals surface area contributed by atoms with Gasteiger partial charge in [-0.05, 0) is 50.9 Å². The highest BCUT2D eigenvalue weighted by Gasteiger charge is 2.16. The maximum absolute atomic E-state index is 12.1. The van der Waals surface area contributed by atoms with Gasteiger partial charge in [0.15, 0.2) is 6.10 Å². The summed E-state index contributed by atoms with van der Waals surface area (Å²) in [6, 6.07) is 0. The van der Waals surface area contributed by atoms with Gasteiger partial charge in [0.1, 0.15) is 6.61 Å². The Kier molecular flexibility index (Phi) is 34.0. The molecule has 0 aromatic carbocycles. The number of aliphatic hydroxyl groups is 2. The summed E-state index contributed by atoms with van der Waals surface area (Å²) in [6.45, 7) is 6.24. The predicted octanol–water partition coefficient (Wildman–Crippen LogP) is 10.8. The number of allylic oxidation sites excluding steroid dienone is 8. The number of esters is 2. The van der Waals surface area contributed by atoms with E-state index in [4.69, 9.17) is 9.47 Å². The quantitative estimate of drug-likeness (QED) is 0.0312. The van der Waals surface area contributed by atoms with Crippen LogP contribution >= 0.6 is 0 Å². The van der Waals surface area contributed by atoms with E-state index in [1.807, 2.05) is 36.5 Å². The van der Waals surface area contributed by atoms with Crippen molar-refractivity contribution in [1.29, 1.82) is 0 Å². The number of ether oxygens (including phenoxy) is 2. The molecule has 0 aliphatic heterocycles. The molecule has 6 heteroatoms.